The highest BCUT2D eigenvalue weighted by Gasteiger charge is 2.14. The van der Waals surface area contributed by atoms with Crippen LogP contribution in [0.15, 0.2) is 41.2 Å². The van der Waals surface area contributed by atoms with E-state index in [1.807, 2.05) is 0 Å². The van der Waals surface area contributed by atoms with E-state index in [0.29, 0.717) is 22.3 Å². The van der Waals surface area contributed by atoms with Crippen molar-refractivity contribution in [3.05, 3.63) is 58.3 Å². The Hall–Kier alpha value is -2.89. The van der Waals surface area contributed by atoms with Crippen LogP contribution in [0, 0.1) is 11.6 Å². The molecule has 0 aliphatic rings. The highest BCUT2D eigenvalue weighted by molar-refractivity contribution is 5.82. The first kappa shape index (κ1) is 15.0. The van der Waals surface area contributed by atoms with E-state index in [-0.39, 0.29) is 11.0 Å². The number of hydrogen-bond acceptors (Lipinski definition) is 3. The van der Waals surface area contributed by atoms with Crippen LogP contribution in [0.2, 0.25) is 0 Å². The van der Waals surface area contributed by atoms with Crippen LogP contribution >= 0.6 is 0 Å². The number of fused-ring (bicyclic) bond motifs is 1. The second-order valence-corrected chi connectivity index (χ2v) is 4.93. The summed E-state index contributed by atoms with van der Waals surface area (Å²) in [7, 11) is 2.69. The first-order valence-corrected chi connectivity index (χ1v) is 6.78. The minimum Gasteiger partial charge on any atom is -0.497 e. The smallest absolute Gasteiger partial charge is 0.190 e. The maximum Gasteiger partial charge on any atom is 0.190 e. The first-order valence-electron chi connectivity index (χ1n) is 6.78. The minimum absolute atomic E-state index is 0.218. The predicted molar refractivity (Wildman–Crippen MR) is 83.0 cm³/mol. The van der Waals surface area contributed by atoms with Gasteiger partial charge in [0.05, 0.1) is 14.2 Å². The molecule has 0 aliphatic heterocycles. The van der Waals surface area contributed by atoms with Gasteiger partial charge in [-0.1, -0.05) is 0 Å². The van der Waals surface area contributed by atoms with Crippen LogP contribution < -0.4 is 14.9 Å². The molecule has 3 aromatic rings. The zero-order valence-electron chi connectivity index (χ0n) is 12.4. The first-order chi connectivity index (χ1) is 11.0. The van der Waals surface area contributed by atoms with Gasteiger partial charge in [0.2, 0.25) is 0 Å². The topological polar surface area (TPSA) is 51.3 Å². The number of ether oxygens (including phenoxy) is 2. The van der Waals surface area contributed by atoms with Crippen molar-refractivity contribution >= 4 is 10.9 Å². The van der Waals surface area contributed by atoms with Gasteiger partial charge in [0.1, 0.15) is 5.75 Å². The van der Waals surface area contributed by atoms with Crippen molar-refractivity contribution < 1.29 is 18.3 Å². The summed E-state index contributed by atoms with van der Waals surface area (Å²) in [5.74, 6) is -1.57. The molecule has 118 valence electrons. The van der Waals surface area contributed by atoms with Crippen molar-refractivity contribution in [1.29, 1.82) is 0 Å². The van der Waals surface area contributed by atoms with Crippen molar-refractivity contribution in [3.63, 3.8) is 0 Å². The van der Waals surface area contributed by atoms with Gasteiger partial charge < -0.3 is 14.5 Å². The number of pyridine rings is 1. The molecule has 0 saturated carbocycles. The predicted octanol–water partition coefficient (Wildman–Crippen LogP) is 3.49. The van der Waals surface area contributed by atoms with Gasteiger partial charge in [-0.3, -0.25) is 4.79 Å². The van der Waals surface area contributed by atoms with Crippen LogP contribution in [0.5, 0.6) is 11.5 Å². The van der Waals surface area contributed by atoms with Gasteiger partial charge >= 0.3 is 0 Å². The highest BCUT2D eigenvalue weighted by Crippen LogP contribution is 2.28. The Labute approximate surface area is 130 Å². The second kappa shape index (κ2) is 5.72. The van der Waals surface area contributed by atoms with Crippen LogP contribution in [0.3, 0.4) is 0 Å². The van der Waals surface area contributed by atoms with Gasteiger partial charge in [-0.2, -0.15) is 0 Å². The highest BCUT2D eigenvalue weighted by atomic mass is 19.1. The van der Waals surface area contributed by atoms with Crippen LogP contribution in [-0.4, -0.2) is 19.2 Å². The number of rotatable bonds is 3. The normalized spacial score (nSPS) is 10.8. The molecule has 3 rings (SSSR count). The number of benzene rings is 2. The monoisotopic (exact) mass is 317 g/mol. The summed E-state index contributed by atoms with van der Waals surface area (Å²) >= 11 is 0. The van der Waals surface area contributed by atoms with Crippen molar-refractivity contribution in [2.75, 3.05) is 14.2 Å². The lowest BCUT2D eigenvalue weighted by Crippen LogP contribution is -2.04. The number of halogens is 2. The molecule has 1 heterocycles. The lowest BCUT2D eigenvalue weighted by atomic mass is 10.1. The molecule has 0 radical (unpaired) electrons. The molecular formula is C17H13F2NO3. The summed E-state index contributed by atoms with van der Waals surface area (Å²) in [6, 6.07) is 8.49. The molecule has 23 heavy (non-hydrogen) atoms. The number of methoxy groups -OCH3 is 2. The van der Waals surface area contributed by atoms with E-state index in [0.717, 1.165) is 12.1 Å². The zero-order valence-corrected chi connectivity index (χ0v) is 12.4. The molecule has 0 amide bonds. The zero-order chi connectivity index (χ0) is 16.6. The number of nitrogens with one attached hydrogen (secondary N) is 1. The maximum atomic E-state index is 13.8. The average Bonchev–Trinajstić information content (AvgIpc) is 2.54. The number of aromatic amines is 1. The van der Waals surface area contributed by atoms with Crippen molar-refractivity contribution in [2.45, 2.75) is 0 Å². The maximum absolute atomic E-state index is 13.8. The summed E-state index contributed by atoms with van der Waals surface area (Å²) in [6.07, 6.45) is 0. The Morgan fingerprint density at radius 1 is 0.957 bits per heavy atom. The molecule has 0 fully saturated rings. The minimum atomic E-state index is -0.835. The summed E-state index contributed by atoms with van der Waals surface area (Å²) < 4.78 is 37.4. The summed E-state index contributed by atoms with van der Waals surface area (Å²) in [5.41, 5.74) is 0.804. The van der Waals surface area contributed by atoms with Crippen molar-refractivity contribution in [3.8, 4) is 22.8 Å². The number of H-pyrrole nitrogens is 1. The molecule has 6 heteroatoms. The van der Waals surface area contributed by atoms with Gasteiger partial charge in [0.15, 0.2) is 22.8 Å². The molecule has 0 spiro atoms. The molecule has 1 aromatic heterocycles. The quantitative estimate of drug-likeness (QED) is 0.804. The van der Waals surface area contributed by atoms with E-state index < -0.39 is 17.4 Å². The molecule has 0 saturated heterocycles. The van der Waals surface area contributed by atoms with Crippen molar-refractivity contribution in [2.24, 2.45) is 0 Å². The molecular weight excluding hydrogens is 304 g/mol. The fraction of sp³-hybridized carbons (Fsp3) is 0.118. The molecule has 4 nitrogen and oxygen atoms in total. The van der Waals surface area contributed by atoms with E-state index in [1.165, 1.54) is 20.3 Å². The van der Waals surface area contributed by atoms with E-state index in [1.54, 1.807) is 18.2 Å². The third-order valence-electron chi connectivity index (χ3n) is 3.55. The lowest BCUT2D eigenvalue weighted by Gasteiger charge is -2.09. The van der Waals surface area contributed by atoms with Crippen LogP contribution in [0.4, 0.5) is 8.78 Å². The standard InChI is InChI=1S/C17H13F2NO3/c1-22-10-3-4-14-11(7-10)16(21)8-15(20-14)9-5-12(18)17(23-2)13(19)6-9/h3-8H,1-2H3,(H,20,21). The van der Waals surface area contributed by atoms with E-state index in [9.17, 15) is 13.6 Å². The molecule has 0 atom stereocenters. The Balaban J connectivity index is 2.20. The molecule has 0 unspecified atom stereocenters. The Morgan fingerprint density at radius 2 is 1.65 bits per heavy atom. The van der Waals surface area contributed by atoms with E-state index >= 15 is 0 Å². The van der Waals surface area contributed by atoms with Gasteiger partial charge in [0, 0.05) is 28.2 Å². The van der Waals surface area contributed by atoms with Gasteiger partial charge in [-0.05, 0) is 30.3 Å². The van der Waals surface area contributed by atoms with Crippen LogP contribution in [0.1, 0.15) is 0 Å². The number of hydrogen-bond donors (Lipinski definition) is 1. The van der Waals surface area contributed by atoms with Gasteiger partial charge in [0.25, 0.3) is 0 Å². The fourth-order valence-corrected chi connectivity index (χ4v) is 2.42. The van der Waals surface area contributed by atoms with Crippen molar-refractivity contribution in [1.82, 2.24) is 4.98 Å². The van der Waals surface area contributed by atoms with Crippen LogP contribution in [0.25, 0.3) is 22.2 Å². The molecule has 2 aromatic carbocycles. The Bertz CT molecular complexity index is 927. The fourth-order valence-electron chi connectivity index (χ4n) is 2.42. The summed E-state index contributed by atoms with van der Waals surface area (Å²) in [4.78, 5) is 15.2. The van der Waals surface area contributed by atoms with Gasteiger partial charge in [-0.15, -0.1) is 0 Å². The van der Waals surface area contributed by atoms with E-state index in [2.05, 4.69) is 9.72 Å². The third-order valence-corrected chi connectivity index (χ3v) is 3.55. The summed E-state index contributed by atoms with van der Waals surface area (Å²) in [5, 5.41) is 0.433. The molecule has 0 aliphatic carbocycles. The van der Waals surface area contributed by atoms with Gasteiger partial charge in [-0.25, -0.2) is 8.78 Å². The lowest BCUT2D eigenvalue weighted by molar-refractivity contribution is 0.360. The largest absolute Gasteiger partial charge is 0.497 e. The van der Waals surface area contributed by atoms with Crippen LogP contribution in [-0.2, 0) is 0 Å². The van der Waals surface area contributed by atoms with E-state index in [4.69, 9.17) is 4.74 Å². The molecule has 1 N–H and O–H groups in total. The summed E-state index contributed by atoms with van der Waals surface area (Å²) in [6.45, 7) is 0. The third kappa shape index (κ3) is 2.63. The SMILES string of the molecule is COc1ccc2[nH]c(-c3cc(F)c(OC)c(F)c3)cc(=O)c2c1. The molecule has 0 bridgehead atoms. The Kier molecular flexibility index (Phi) is 3.73. The second-order valence-electron chi connectivity index (χ2n) is 4.93. The number of aromatic nitrogens is 1. The average molecular weight is 317 g/mol. The Morgan fingerprint density at radius 3 is 2.26 bits per heavy atom.